The molecule has 0 unspecified atom stereocenters. The Labute approximate surface area is 116 Å². The Bertz CT molecular complexity index is 739. The molecule has 2 aromatic carbocycles. The van der Waals surface area contributed by atoms with Gasteiger partial charge in [0.25, 0.3) is 0 Å². The highest BCUT2D eigenvalue weighted by atomic mass is 16.5. The topological polar surface area (TPSA) is 57.4 Å². The molecule has 1 heterocycles. The smallest absolute Gasteiger partial charge is 0.135 e. The van der Waals surface area contributed by atoms with Crippen LogP contribution in [0, 0.1) is 0 Å². The molecule has 0 aliphatic heterocycles. The van der Waals surface area contributed by atoms with Crippen molar-refractivity contribution in [3.8, 4) is 17.2 Å². The molecule has 0 saturated heterocycles. The maximum atomic E-state index is 5.94. The molecule has 0 fully saturated rings. The highest BCUT2D eigenvalue weighted by molar-refractivity contribution is 5.96. The molecule has 1 aromatic heterocycles. The summed E-state index contributed by atoms with van der Waals surface area (Å²) in [5.41, 5.74) is 6.63. The third-order valence-electron chi connectivity index (χ3n) is 3.10. The summed E-state index contributed by atoms with van der Waals surface area (Å²) in [6.07, 6.45) is 3.47. The van der Waals surface area contributed by atoms with Crippen LogP contribution < -0.4 is 15.2 Å². The quantitative estimate of drug-likeness (QED) is 0.736. The fourth-order valence-electron chi connectivity index (χ4n) is 2.04. The fourth-order valence-corrected chi connectivity index (χ4v) is 2.04. The van der Waals surface area contributed by atoms with Crippen LogP contribution in [0.1, 0.15) is 0 Å². The number of nitrogens with two attached hydrogens (primary N) is 1. The second-order valence-corrected chi connectivity index (χ2v) is 4.35. The van der Waals surface area contributed by atoms with Crippen LogP contribution in [0.15, 0.2) is 54.9 Å². The minimum atomic E-state index is 0.690. The summed E-state index contributed by atoms with van der Waals surface area (Å²) in [6.45, 7) is 0. The van der Waals surface area contributed by atoms with Crippen molar-refractivity contribution >= 4 is 16.5 Å². The first-order valence-corrected chi connectivity index (χ1v) is 6.22. The van der Waals surface area contributed by atoms with Crippen LogP contribution in [0.25, 0.3) is 10.8 Å². The van der Waals surface area contributed by atoms with E-state index in [1.807, 2.05) is 42.5 Å². The number of fused-ring (bicyclic) bond motifs is 1. The number of pyridine rings is 1. The van der Waals surface area contributed by atoms with Gasteiger partial charge in [0, 0.05) is 28.9 Å². The van der Waals surface area contributed by atoms with E-state index in [0.717, 1.165) is 28.0 Å². The molecule has 0 aliphatic carbocycles. The minimum absolute atomic E-state index is 0.690. The number of aromatic nitrogens is 1. The van der Waals surface area contributed by atoms with Crippen molar-refractivity contribution in [2.75, 3.05) is 12.8 Å². The first-order chi connectivity index (χ1) is 9.78. The molecule has 20 heavy (non-hydrogen) atoms. The van der Waals surface area contributed by atoms with Crippen LogP contribution in [0.5, 0.6) is 17.2 Å². The Morgan fingerprint density at radius 2 is 1.65 bits per heavy atom. The molecule has 4 nitrogen and oxygen atoms in total. The summed E-state index contributed by atoms with van der Waals surface area (Å²) in [5, 5.41) is 1.83. The van der Waals surface area contributed by atoms with Crippen molar-refractivity contribution in [3.63, 3.8) is 0 Å². The Balaban J connectivity index is 2.00. The molecular formula is C16H14N2O2. The minimum Gasteiger partial charge on any atom is -0.497 e. The van der Waals surface area contributed by atoms with E-state index in [-0.39, 0.29) is 0 Å². The predicted octanol–water partition coefficient (Wildman–Crippen LogP) is 3.62. The standard InChI is InChI=1S/C16H14N2O2/c1-19-11-2-4-12(5-3-11)20-16-7-6-15(17)14-10-18-9-8-13(14)16/h2-10H,17H2,1H3. The van der Waals surface area contributed by atoms with Crippen LogP contribution in [-0.4, -0.2) is 12.1 Å². The normalized spacial score (nSPS) is 10.4. The van der Waals surface area contributed by atoms with Gasteiger partial charge in [0.05, 0.1) is 7.11 Å². The molecule has 0 aliphatic rings. The van der Waals surface area contributed by atoms with Gasteiger partial charge in [-0.25, -0.2) is 0 Å². The maximum absolute atomic E-state index is 5.94. The second-order valence-electron chi connectivity index (χ2n) is 4.35. The highest BCUT2D eigenvalue weighted by Crippen LogP contribution is 2.33. The number of nitrogen functional groups attached to an aromatic ring is 1. The number of hydrogen-bond acceptors (Lipinski definition) is 4. The van der Waals surface area contributed by atoms with E-state index in [1.165, 1.54) is 0 Å². The molecule has 3 aromatic rings. The van der Waals surface area contributed by atoms with Gasteiger partial charge >= 0.3 is 0 Å². The SMILES string of the molecule is COc1ccc(Oc2ccc(N)c3cnccc23)cc1. The number of nitrogens with zero attached hydrogens (tertiary/aromatic N) is 1. The van der Waals surface area contributed by atoms with Crippen molar-refractivity contribution in [2.24, 2.45) is 0 Å². The Kier molecular flexibility index (Phi) is 3.13. The number of benzene rings is 2. The molecule has 0 spiro atoms. The van der Waals surface area contributed by atoms with Gasteiger partial charge in [-0.15, -0.1) is 0 Å². The first-order valence-electron chi connectivity index (χ1n) is 6.22. The van der Waals surface area contributed by atoms with Crippen LogP contribution in [0.3, 0.4) is 0 Å². The van der Waals surface area contributed by atoms with E-state index in [0.29, 0.717) is 5.69 Å². The molecule has 3 rings (SSSR count). The number of anilines is 1. The van der Waals surface area contributed by atoms with Gasteiger partial charge in [-0.05, 0) is 42.5 Å². The molecule has 2 N–H and O–H groups in total. The van der Waals surface area contributed by atoms with Crippen molar-refractivity contribution < 1.29 is 9.47 Å². The zero-order valence-electron chi connectivity index (χ0n) is 11.0. The Morgan fingerprint density at radius 3 is 2.40 bits per heavy atom. The molecule has 0 bridgehead atoms. The average Bonchev–Trinajstić information content (AvgIpc) is 2.51. The summed E-state index contributed by atoms with van der Waals surface area (Å²) in [5.74, 6) is 2.29. The van der Waals surface area contributed by atoms with Crippen molar-refractivity contribution in [2.45, 2.75) is 0 Å². The lowest BCUT2D eigenvalue weighted by molar-refractivity contribution is 0.413. The summed E-state index contributed by atoms with van der Waals surface area (Å²) < 4.78 is 11.0. The lowest BCUT2D eigenvalue weighted by atomic mass is 10.1. The van der Waals surface area contributed by atoms with E-state index in [9.17, 15) is 0 Å². The lowest BCUT2D eigenvalue weighted by Crippen LogP contribution is -1.91. The molecule has 0 amide bonds. The summed E-state index contributed by atoms with van der Waals surface area (Å²) in [6, 6.07) is 13.0. The van der Waals surface area contributed by atoms with E-state index >= 15 is 0 Å². The molecular weight excluding hydrogens is 252 g/mol. The van der Waals surface area contributed by atoms with Crippen molar-refractivity contribution in [1.29, 1.82) is 0 Å². The predicted molar refractivity (Wildman–Crippen MR) is 79.2 cm³/mol. The van der Waals surface area contributed by atoms with Crippen LogP contribution in [0.2, 0.25) is 0 Å². The highest BCUT2D eigenvalue weighted by Gasteiger charge is 2.06. The first kappa shape index (κ1) is 12.3. The number of rotatable bonds is 3. The lowest BCUT2D eigenvalue weighted by Gasteiger charge is -2.10. The van der Waals surface area contributed by atoms with E-state index in [4.69, 9.17) is 15.2 Å². The van der Waals surface area contributed by atoms with Gasteiger partial charge < -0.3 is 15.2 Å². The number of methoxy groups -OCH3 is 1. The fraction of sp³-hybridized carbons (Fsp3) is 0.0625. The van der Waals surface area contributed by atoms with Crippen LogP contribution in [0.4, 0.5) is 5.69 Å². The third-order valence-corrected chi connectivity index (χ3v) is 3.10. The summed E-state index contributed by atoms with van der Waals surface area (Å²) in [7, 11) is 1.64. The maximum Gasteiger partial charge on any atom is 0.135 e. The van der Waals surface area contributed by atoms with Gasteiger partial charge in [0.2, 0.25) is 0 Å². The number of hydrogen-bond donors (Lipinski definition) is 1. The van der Waals surface area contributed by atoms with Crippen molar-refractivity contribution in [1.82, 2.24) is 4.98 Å². The zero-order chi connectivity index (χ0) is 13.9. The largest absolute Gasteiger partial charge is 0.497 e. The summed E-state index contributed by atoms with van der Waals surface area (Å²) >= 11 is 0. The van der Waals surface area contributed by atoms with Gasteiger partial charge in [0.15, 0.2) is 0 Å². The molecule has 0 radical (unpaired) electrons. The Morgan fingerprint density at radius 1 is 0.900 bits per heavy atom. The second kappa shape index (κ2) is 5.09. The summed E-state index contributed by atoms with van der Waals surface area (Å²) in [4.78, 5) is 4.09. The van der Waals surface area contributed by atoms with E-state index in [2.05, 4.69) is 4.98 Å². The molecule has 100 valence electrons. The average molecular weight is 266 g/mol. The number of ether oxygens (including phenoxy) is 2. The zero-order valence-corrected chi connectivity index (χ0v) is 11.0. The van der Waals surface area contributed by atoms with Crippen molar-refractivity contribution in [3.05, 3.63) is 54.9 Å². The third kappa shape index (κ3) is 2.23. The van der Waals surface area contributed by atoms with Crippen LogP contribution >= 0.6 is 0 Å². The van der Waals surface area contributed by atoms with E-state index < -0.39 is 0 Å². The monoisotopic (exact) mass is 266 g/mol. The molecule has 0 saturated carbocycles. The van der Waals surface area contributed by atoms with Gasteiger partial charge in [0.1, 0.15) is 17.2 Å². The van der Waals surface area contributed by atoms with Gasteiger partial charge in [-0.3, -0.25) is 4.98 Å². The Hall–Kier alpha value is -2.75. The molecule has 4 heteroatoms. The molecule has 0 atom stereocenters. The van der Waals surface area contributed by atoms with Gasteiger partial charge in [-0.1, -0.05) is 0 Å². The van der Waals surface area contributed by atoms with Gasteiger partial charge in [-0.2, -0.15) is 0 Å². The van der Waals surface area contributed by atoms with E-state index in [1.54, 1.807) is 19.5 Å². The van der Waals surface area contributed by atoms with Crippen LogP contribution in [-0.2, 0) is 0 Å².